The number of amides is 1. The summed E-state index contributed by atoms with van der Waals surface area (Å²) in [6, 6.07) is 12.0. The summed E-state index contributed by atoms with van der Waals surface area (Å²) in [7, 11) is 1.67. The highest BCUT2D eigenvalue weighted by Gasteiger charge is 2.23. The Bertz CT molecular complexity index is 791. The number of anilines is 2. The van der Waals surface area contributed by atoms with Crippen molar-refractivity contribution < 1.29 is 9.53 Å². The number of nitrogens with zero attached hydrogens (tertiary/aromatic N) is 4. The Balaban J connectivity index is 1.34. The van der Waals surface area contributed by atoms with Crippen molar-refractivity contribution in [2.24, 2.45) is 0 Å². The van der Waals surface area contributed by atoms with Gasteiger partial charge in [-0.25, -0.2) is 4.98 Å². The van der Waals surface area contributed by atoms with Crippen LogP contribution in [0.1, 0.15) is 36.2 Å². The van der Waals surface area contributed by atoms with Crippen LogP contribution in [-0.2, 0) is 0 Å². The van der Waals surface area contributed by atoms with Crippen molar-refractivity contribution in [3.63, 3.8) is 0 Å². The third-order valence-electron chi connectivity index (χ3n) is 5.94. The average Bonchev–Trinajstić information content (AvgIpc) is 3.09. The van der Waals surface area contributed by atoms with E-state index in [-0.39, 0.29) is 5.91 Å². The van der Waals surface area contributed by atoms with Crippen LogP contribution in [0, 0.1) is 0 Å². The van der Waals surface area contributed by atoms with Gasteiger partial charge in [0.15, 0.2) is 0 Å². The molecule has 0 saturated carbocycles. The molecule has 6 nitrogen and oxygen atoms in total. The van der Waals surface area contributed by atoms with E-state index >= 15 is 0 Å². The van der Waals surface area contributed by atoms with Crippen molar-refractivity contribution in [1.82, 2.24) is 9.88 Å². The number of carbonyl (C=O) groups excluding carboxylic acids is 1. The first-order valence-corrected chi connectivity index (χ1v) is 10.6. The third kappa shape index (κ3) is 4.63. The SMILES string of the molecule is COc1ccc(N2CCN(C(=O)c3ccc(N4CCCCCC4)cn3)CC2)cc1. The average molecular weight is 395 g/mol. The lowest BCUT2D eigenvalue weighted by Crippen LogP contribution is -2.49. The highest BCUT2D eigenvalue weighted by Crippen LogP contribution is 2.22. The van der Waals surface area contributed by atoms with Gasteiger partial charge in [0.1, 0.15) is 11.4 Å². The lowest BCUT2D eigenvalue weighted by molar-refractivity contribution is 0.0741. The summed E-state index contributed by atoms with van der Waals surface area (Å²) in [4.78, 5) is 24.0. The van der Waals surface area contributed by atoms with Crippen molar-refractivity contribution in [2.45, 2.75) is 25.7 Å². The third-order valence-corrected chi connectivity index (χ3v) is 5.94. The predicted octanol–water partition coefficient (Wildman–Crippen LogP) is 3.43. The fourth-order valence-electron chi connectivity index (χ4n) is 4.15. The van der Waals surface area contributed by atoms with E-state index in [2.05, 4.69) is 33.0 Å². The molecule has 3 heterocycles. The van der Waals surface area contributed by atoms with E-state index in [0.717, 1.165) is 43.3 Å². The lowest BCUT2D eigenvalue weighted by Gasteiger charge is -2.36. The minimum Gasteiger partial charge on any atom is -0.497 e. The summed E-state index contributed by atoms with van der Waals surface area (Å²) < 4.78 is 5.23. The Hall–Kier alpha value is -2.76. The van der Waals surface area contributed by atoms with Crippen LogP contribution in [0.25, 0.3) is 0 Å². The lowest BCUT2D eigenvalue weighted by atomic mass is 10.2. The van der Waals surface area contributed by atoms with Gasteiger partial charge in [-0.3, -0.25) is 4.79 Å². The van der Waals surface area contributed by atoms with Crippen LogP contribution in [0.3, 0.4) is 0 Å². The molecule has 154 valence electrons. The second kappa shape index (κ2) is 9.16. The first-order valence-electron chi connectivity index (χ1n) is 10.6. The molecule has 2 aliphatic heterocycles. The Morgan fingerprint density at radius 1 is 0.793 bits per heavy atom. The van der Waals surface area contributed by atoms with E-state index < -0.39 is 0 Å². The van der Waals surface area contributed by atoms with Crippen molar-refractivity contribution >= 4 is 17.3 Å². The molecule has 6 heteroatoms. The molecule has 2 aromatic rings. The molecule has 0 unspecified atom stereocenters. The maximum atomic E-state index is 12.9. The molecule has 0 bridgehead atoms. The van der Waals surface area contributed by atoms with E-state index in [1.807, 2.05) is 29.3 Å². The number of carbonyl (C=O) groups is 1. The molecule has 2 aliphatic rings. The number of aromatic nitrogens is 1. The molecule has 0 spiro atoms. The van der Waals surface area contributed by atoms with Gasteiger partial charge in [-0.1, -0.05) is 12.8 Å². The molecular formula is C23H30N4O2. The van der Waals surface area contributed by atoms with Crippen LogP contribution in [0.5, 0.6) is 5.75 Å². The standard InChI is InChI=1S/C23H30N4O2/c1-29-21-9-6-19(7-10-21)26-14-16-27(17-15-26)23(28)22-11-8-20(18-24-22)25-12-4-2-3-5-13-25/h6-11,18H,2-5,12-17H2,1H3. The van der Waals surface area contributed by atoms with Gasteiger partial charge in [0.2, 0.25) is 0 Å². The number of rotatable bonds is 4. The normalized spacial score (nSPS) is 17.8. The van der Waals surface area contributed by atoms with Crippen LogP contribution in [0.2, 0.25) is 0 Å². The zero-order valence-corrected chi connectivity index (χ0v) is 17.2. The number of piperazine rings is 1. The van der Waals surface area contributed by atoms with Gasteiger partial charge in [0.25, 0.3) is 5.91 Å². The highest BCUT2D eigenvalue weighted by atomic mass is 16.5. The van der Waals surface area contributed by atoms with E-state index in [9.17, 15) is 4.79 Å². The quantitative estimate of drug-likeness (QED) is 0.795. The molecular weight excluding hydrogens is 364 g/mol. The van der Waals surface area contributed by atoms with Gasteiger partial charge in [-0.05, 0) is 49.2 Å². The Kier molecular flexibility index (Phi) is 6.17. The molecule has 2 fully saturated rings. The Labute approximate surface area is 173 Å². The molecule has 0 N–H and O–H groups in total. The number of hydrogen-bond acceptors (Lipinski definition) is 5. The van der Waals surface area contributed by atoms with E-state index in [0.29, 0.717) is 18.8 Å². The Morgan fingerprint density at radius 2 is 1.41 bits per heavy atom. The van der Waals surface area contributed by atoms with Gasteiger partial charge >= 0.3 is 0 Å². The van der Waals surface area contributed by atoms with Gasteiger partial charge in [0.05, 0.1) is 19.0 Å². The monoisotopic (exact) mass is 394 g/mol. The van der Waals surface area contributed by atoms with E-state index in [4.69, 9.17) is 4.74 Å². The highest BCUT2D eigenvalue weighted by molar-refractivity contribution is 5.92. The molecule has 4 rings (SSSR count). The second-order valence-electron chi connectivity index (χ2n) is 7.78. The van der Waals surface area contributed by atoms with Crippen LogP contribution >= 0.6 is 0 Å². The number of benzene rings is 1. The van der Waals surface area contributed by atoms with Gasteiger partial charge in [0, 0.05) is 45.0 Å². The van der Waals surface area contributed by atoms with E-state index in [1.54, 1.807) is 7.11 Å². The van der Waals surface area contributed by atoms with Gasteiger partial charge in [-0.2, -0.15) is 0 Å². The molecule has 0 atom stereocenters. The summed E-state index contributed by atoms with van der Waals surface area (Å²) in [5, 5.41) is 0. The molecule has 2 saturated heterocycles. The fourth-order valence-corrected chi connectivity index (χ4v) is 4.15. The summed E-state index contributed by atoms with van der Waals surface area (Å²) in [5.74, 6) is 0.888. The van der Waals surface area contributed by atoms with Crippen molar-refractivity contribution in [3.8, 4) is 5.75 Å². The second-order valence-corrected chi connectivity index (χ2v) is 7.78. The smallest absolute Gasteiger partial charge is 0.272 e. The summed E-state index contributed by atoms with van der Waals surface area (Å²) in [6.45, 7) is 5.24. The number of methoxy groups -OCH3 is 1. The van der Waals surface area contributed by atoms with Gasteiger partial charge < -0.3 is 19.4 Å². The number of hydrogen-bond donors (Lipinski definition) is 0. The first kappa shape index (κ1) is 19.6. The summed E-state index contributed by atoms with van der Waals surface area (Å²) in [6.07, 6.45) is 6.95. The van der Waals surface area contributed by atoms with Crippen LogP contribution in [-0.4, -0.2) is 62.2 Å². The molecule has 1 amide bonds. The Morgan fingerprint density at radius 3 is 2.00 bits per heavy atom. The zero-order valence-electron chi connectivity index (χ0n) is 17.2. The molecule has 29 heavy (non-hydrogen) atoms. The van der Waals surface area contributed by atoms with Crippen molar-refractivity contribution in [2.75, 3.05) is 56.2 Å². The van der Waals surface area contributed by atoms with Crippen molar-refractivity contribution in [3.05, 3.63) is 48.3 Å². The molecule has 0 aliphatic carbocycles. The maximum absolute atomic E-state index is 12.9. The predicted molar refractivity (Wildman–Crippen MR) is 116 cm³/mol. The largest absolute Gasteiger partial charge is 0.497 e. The van der Waals surface area contributed by atoms with Gasteiger partial charge in [-0.15, -0.1) is 0 Å². The van der Waals surface area contributed by atoms with Crippen LogP contribution in [0.4, 0.5) is 11.4 Å². The summed E-state index contributed by atoms with van der Waals surface area (Å²) in [5.41, 5.74) is 2.84. The number of ether oxygens (including phenoxy) is 1. The zero-order chi connectivity index (χ0) is 20.1. The minimum atomic E-state index is 0.0294. The topological polar surface area (TPSA) is 48.9 Å². The van der Waals surface area contributed by atoms with E-state index in [1.165, 1.54) is 25.7 Å². The molecule has 1 aromatic heterocycles. The van der Waals surface area contributed by atoms with Crippen molar-refractivity contribution in [1.29, 1.82) is 0 Å². The summed E-state index contributed by atoms with van der Waals surface area (Å²) >= 11 is 0. The molecule has 0 radical (unpaired) electrons. The number of pyridine rings is 1. The fraction of sp³-hybridized carbons (Fsp3) is 0.478. The maximum Gasteiger partial charge on any atom is 0.272 e. The first-order chi connectivity index (χ1) is 14.2. The molecule has 1 aromatic carbocycles. The minimum absolute atomic E-state index is 0.0294. The van der Waals surface area contributed by atoms with Crippen LogP contribution in [0.15, 0.2) is 42.6 Å². The van der Waals surface area contributed by atoms with Crippen LogP contribution < -0.4 is 14.5 Å².